The maximum Gasteiger partial charge on any atom is 0.237 e. The molecule has 1 aliphatic heterocycles. The molecule has 1 amide bonds. The van der Waals surface area contributed by atoms with Crippen molar-refractivity contribution in [3.05, 3.63) is 0 Å². The Morgan fingerprint density at radius 2 is 1.79 bits per heavy atom. The van der Waals surface area contributed by atoms with E-state index in [2.05, 4.69) is 45.3 Å². The molecule has 4 nitrogen and oxygen atoms in total. The first-order chi connectivity index (χ1) is 8.56. The second kappa shape index (κ2) is 5.80. The summed E-state index contributed by atoms with van der Waals surface area (Å²) in [6.45, 7) is 12.8. The molecule has 0 bridgehead atoms. The smallest absolute Gasteiger partial charge is 0.237 e. The number of rotatable bonds is 4. The standard InChI is InChI=1S/C15H31N3O/c1-7-10(2)12(16)13(19)17-11-8-14(3,4)18-15(5,6)9-11/h10-12,18H,7-9,16H2,1-6H3,(H,17,19). The number of amides is 1. The summed E-state index contributed by atoms with van der Waals surface area (Å²) >= 11 is 0. The average molecular weight is 269 g/mol. The van der Waals surface area contributed by atoms with E-state index in [1.165, 1.54) is 0 Å². The molecule has 0 aromatic carbocycles. The first-order valence-electron chi connectivity index (χ1n) is 7.41. The summed E-state index contributed by atoms with van der Waals surface area (Å²) in [6.07, 6.45) is 2.81. The summed E-state index contributed by atoms with van der Waals surface area (Å²) in [5.74, 6) is 0.218. The fourth-order valence-corrected chi connectivity index (χ4v) is 3.23. The quantitative estimate of drug-likeness (QED) is 0.729. The maximum absolute atomic E-state index is 12.2. The van der Waals surface area contributed by atoms with Crippen molar-refractivity contribution < 1.29 is 4.79 Å². The van der Waals surface area contributed by atoms with Crippen LogP contribution in [0, 0.1) is 5.92 Å². The van der Waals surface area contributed by atoms with E-state index in [4.69, 9.17) is 5.73 Å². The topological polar surface area (TPSA) is 67.2 Å². The van der Waals surface area contributed by atoms with E-state index in [1.54, 1.807) is 0 Å². The molecule has 0 aromatic rings. The molecule has 0 radical (unpaired) electrons. The minimum atomic E-state index is -0.397. The first kappa shape index (κ1) is 16.4. The highest BCUT2D eigenvalue weighted by Gasteiger charge is 2.38. The molecule has 1 rings (SSSR count). The molecule has 1 aliphatic rings. The molecule has 112 valence electrons. The zero-order valence-electron chi connectivity index (χ0n) is 13.3. The van der Waals surface area contributed by atoms with Crippen molar-refractivity contribution in [2.75, 3.05) is 0 Å². The van der Waals surface area contributed by atoms with Crippen molar-refractivity contribution >= 4 is 5.91 Å². The molecule has 0 aromatic heterocycles. The third kappa shape index (κ3) is 4.77. The van der Waals surface area contributed by atoms with Gasteiger partial charge in [-0.2, -0.15) is 0 Å². The normalized spacial score (nSPS) is 25.6. The van der Waals surface area contributed by atoms with Crippen LogP contribution in [-0.4, -0.2) is 29.1 Å². The molecular weight excluding hydrogens is 238 g/mol. The van der Waals surface area contributed by atoms with Crippen molar-refractivity contribution in [1.29, 1.82) is 0 Å². The Bertz CT molecular complexity index is 309. The lowest BCUT2D eigenvalue weighted by atomic mass is 9.79. The minimum absolute atomic E-state index is 0.00662. The number of carbonyl (C=O) groups is 1. The minimum Gasteiger partial charge on any atom is -0.352 e. The van der Waals surface area contributed by atoms with Crippen LogP contribution in [0.25, 0.3) is 0 Å². The van der Waals surface area contributed by atoms with Gasteiger partial charge in [0.25, 0.3) is 0 Å². The van der Waals surface area contributed by atoms with Crippen LogP contribution in [0.1, 0.15) is 60.8 Å². The second-order valence-electron chi connectivity index (χ2n) is 7.42. The highest BCUT2D eigenvalue weighted by Crippen LogP contribution is 2.28. The molecule has 1 heterocycles. The van der Waals surface area contributed by atoms with E-state index in [0.29, 0.717) is 0 Å². The molecule has 4 heteroatoms. The Morgan fingerprint density at radius 1 is 1.32 bits per heavy atom. The molecule has 1 saturated heterocycles. The predicted octanol–water partition coefficient (Wildman–Crippen LogP) is 1.79. The molecule has 4 N–H and O–H groups in total. The van der Waals surface area contributed by atoms with Crippen LogP contribution in [0.3, 0.4) is 0 Å². The summed E-state index contributed by atoms with van der Waals surface area (Å²) in [5, 5.41) is 6.76. The van der Waals surface area contributed by atoms with E-state index in [-0.39, 0.29) is 28.9 Å². The fourth-order valence-electron chi connectivity index (χ4n) is 3.23. The fraction of sp³-hybridized carbons (Fsp3) is 0.933. The SMILES string of the molecule is CCC(C)C(N)C(=O)NC1CC(C)(C)NC(C)(C)C1. The molecule has 0 saturated carbocycles. The van der Waals surface area contributed by atoms with Gasteiger partial charge in [0, 0.05) is 17.1 Å². The highest BCUT2D eigenvalue weighted by atomic mass is 16.2. The first-order valence-corrected chi connectivity index (χ1v) is 7.41. The lowest BCUT2D eigenvalue weighted by Gasteiger charge is -2.46. The predicted molar refractivity (Wildman–Crippen MR) is 79.9 cm³/mol. The lowest BCUT2D eigenvalue weighted by molar-refractivity contribution is -0.124. The molecule has 1 fully saturated rings. The van der Waals surface area contributed by atoms with Crippen molar-refractivity contribution in [2.24, 2.45) is 11.7 Å². The number of piperidine rings is 1. The van der Waals surface area contributed by atoms with E-state index >= 15 is 0 Å². The Labute approximate surface area is 117 Å². The van der Waals surface area contributed by atoms with Crippen molar-refractivity contribution in [3.63, 3.8) is 0 Å². The molecule has 2 atom stereocenters. The largest absolute Gasteiger partial charge is 0.352 e. The molecule has 0 spiro atoms. The average Bonchev–Trinajstić information content (AvgIpc) is 2.22. The van der Waals surface area contributed by atoms with Crippen molar-refractivity contribution in [3.8, 4) is 0 Å². The second-order valence-corrected chi connectivity index (χ2v) is 7.42. The van der Waals surface area contributed by atoms with E-state index in [1.807, 2.05) is 6.92 Å². The van der Waals surface area contributed by atoms with E-state index < -0.39 is 6.04 Å². The van der Waals surface area contributed by atoms with Crippen LogP contribution in [0.15, 0.2) is 0 Å². The molecular formula is C15H31N3O. The van der Waals surface area contributed by atoms with E-state index in [0.717, 1.165) is 19.3 Å². The Balaban J connectivity index is 2.64. The lowest BCUT2D eigenvalue weighted by Crippen LogP contribution is -2.63. The van der Waals surface area contributed by atoms with Crippen LogP contribution in [0.2, 0.25) is 0 Å². The van der Waals surface area contributed by atoms with Gasteiger partial charge in [-0.15, -0.1) is 0 Å². The maximum atomic E-state index is 12.2. The molecule has 2 unspecified atom stereocenters. The number of hydrogen-bond donors (Lipinski definition) is 3. The summed E-state index contributed by atoms with van der Waals surface area (Å²) < 4.78 is 0. The number of hydrogen-bond acceptors (Lipinski definition) is 3. The van der Waals surface area contributed by atoms with Gasteiger partial charge in [0.1, 0.15) is 0 Å². The Kier molecular flexibility index (Phi) is 5.02. The van der Waals surface area contributed by atoms with Crippen molar-refractivity contribution in [2.45, 2.75) is 84.0 Å². The van der Waals surface area contributed by atoms with Gasteiger partial charge in [0.2, 0.25) is 5.91 Å². The third-order valence-electron chi connectivity index (χ3n) is 4.10. The van der Waals surface area contributed by atoms with Gasteiger partial charge >= 0.3 is 0 Å². The van der Waals surface area contributed by atoms with Crippen LogP contribution >= 0.6 is 0 Å². The number of nitrogens with two attached hydrogens (primary N) is 1. The van der Waals surface area contributed by atoms with E-state index in [9.17, 15) is 4.79 Å². The summed E-state index contributed by atoms with van der Waals surface area (Å²) in [5.41, 5.74) is 6.08. The van der Waals surface area contributed by atoms with Crippen LogP contribution in [-0.2, 0) is 4.79 Å². The van der Waals surface area contributed by atoms with Gasteiger partial charge in [0.15, 0.2) is 0 Å². The zero-order valence-corrected chi connectivity index (χ0v) is 13.3. The van der Waals surface area contributed by atoms with Gasteiger partial charge in [-0.05, 0) is 46.5 Å². The van der Waals surface area contributed by atoms with Crippen LogP contribution in [0.4, 0.5) is 0 Å². The van der Waals surface area contributed by atoms with Gasteiger partial charge in [0.05, 0.1) is 6.04 Å². The monoisotopic (exact) mass is 269 g/mol. The molecule has 19 heavy (non-hydrogen) atoms. The Hall–Kier alpha value is -0.610. The van der Waals surface area contributed by atoms with Gasteiger partial charge in [-0.1, -0.05) is 20.3 Å². The molecule has 0 aliphatic carbocycles. The van der Waals surface area contributed by atoms with Crippen LogP contribution < -0.4 is 16.4 Å². The zero-order chi connectivity index (χ0) is 14.8. The Morgan fingerprint density at radius 3 is 2.21 bits per heavy atom. The summed E-state index contributed by atoms with van der Waals surface area (Å²) in [4.78, 5) is 12.2. The number of nitrogens with one attached hydrogen (secondary N) is 2. The van der Waals surface area contributed by atoms with Crippen LogP contribution in [0.5, 0.6) is 0 Å². The van der Waals surface area contributed by atoms with Gasteiger partial charge in [-0.3, -0.25) is 4.79 Å². The van der Waals surface area contributed by atoms with Crippen molar-refractivity contribution in [1.82, 2.24) is 10.6 Å². The summed E-state index contributed by atoms with van der Waals surface area (Å²) in [6, 6.07) is -0.194. The van der Waals surface area contributed by atoms with Gasteiger partial charge in [-0.25, -0.2) is 0 Å². The number of carbonyl (C=O) groups excluding carboxylic acids is 1. The third-order valence-corrected chi connectivity index (χ3v) is 4.10. The highest BCUT2D eigenvalue weighted by molar-refractivity contribution is 5.82. The van der Waals surface area contributed by atoms with Gasteiger partial charge < -0.3 is 16.4 Å². The summed E-state index contributed by atoms with van der Waals surface area (Å²) in [7, 11) is 0.